The van der Waals surface area contributed by atoms with Crippen LogP contribution >= 0.6 is 0 Å². The molecule has 0 aliphatic carbocycles. The number of carbonyl (C=O) groups is 1. The first-order valence-electron chi connectivity index (χ1n) is 10.5. The maximum Gasteiger partial charge on any atom is 0.224 e. The molecule has 4 atom stereocenters. The maximum absolute atomic E-state index is 12.8. The highest BCUT2D eigenvalue weighted by atomic mass is 16.2. The topological polar surface area (TPSA) is 58.4 Å². The van der Waals surface area contributed by atoms with Crippen LogP contribution in [0.25, 0.3) is 0 Å². The van der Waals surface area contributed by atoms with Crippen molar-refractivity contribution < 1.29 is 4.79 Å². The van der Waals surface area contributed by atoms with E-state index in [1.54, 1.807) is 0 Å². The number of rotatable bonds is 6. The molecule has 2 aromatic carbocycles. The lowest BCUT2D eigenvalue weighted by Crippen LogP contribution is -2.51. The van der Waals surface area contributed by atoms with Crippen LogP contribution in [0.4, 0.5) is 0 Å². The summed E-state index contributed by atoms with van der Waals surface area (Å²) >= 11 is 0. The molecule has 4 nitrogen and oxygen atoms in total. The van der Waals surface area contributed by atoms with Gasteiger partial charge in [-0.15, -0.1) is 0 Å². The van der Waals surface area contributed by atoms with Gasteiger partial charge in [0.2, 0.25) is 5.91 Å². The number of piperidine rings is 1. The van der Waals surface area contributed by atoms with Crippen LogP contribution in [0, 0.1) is 5.92 Å². The van der Waals surface area contributed by atoms with Crippen molar-refractivity contribution in [1.29, 1.82) is 0 Å². The van der Waals surface area contributed by atoms with Crippen LogP contribution in [0.15, 0.2) is 60.7 Å². The van der Waals surface area contributed by atoms with Crippen LogP contribution in [0.3, 0.4) is 0 Å². The van der Waals surface area contributed by atoms with Gasteiger partial charge >= 0.3 is 0 Å². The Hall–Kier alpha value is -2.17. The van der Waals surface area contributed by atoms with Crippen molar-refractivity contribution in [3.05, 3.63) is 71.8 Å². The Kier molecular flexibility index (Phi) is 5.79. The third-order valence-corrected chi connectivity index (χ3v) is 6.58. The standard InChI is InChI=1S/C24H31N3O/c1-17(23(25)19-10-6-3-7-11-19)24(28)26-20-14-21-12-13-22(15-20)27(21)16-18-8-4-2-5-9-18/h2-11,17,20-23H,12-16,25H2,1H3,(H,26,28). The Bertz CT molecular complexity index is 765. The van der Waals surface area contributed by atoms with E-state index in [0.29, 0.717) is 12.1 Å². The van der Waals surface area contributed by atoms with Crippen molar-refractivity contribution >= 4 is 5.91 Å². The summed E-state index contributed by atoms with van der Waals surface area (Å²) in [5, 5.41) is 3.31. The fourth-order valence-electron chi connectivity index (χ4n) is 4.90. The smallest absolute Gasteiger partial charge is 0.224 e. The second-order valence-corrected chi connectivity index (χ2v) is 8.44. The van der Waals surface area contributed by atoms with E-state index in [1.165, 1.54) is 18.4 Å². The first-order valence-corrected chi connectivity index (χ1v) is 10.5. The molecule has 0 saturated carbocycles. The third kappa shape index (κ3) is 4.13. The summed E-state index contributed by atoms with van der Waals surface area (Å²) in [5.74, 6) is -0.153. The summed E-state index contributed by atoms with van der Waals surface area (Å²) in [6, 6.07) is 21.8. The molecule has 3 N–H and O–H groups in total. The highest BCUT2D eigenvalue weighted by Gasteiger charge is 2.41. The molecule has 2 aliphatic heterocycles. The van der Waals surface area contributed by atoms with Crippen molar-refractivity contribution in [2.75, 3.05) is 0 Å². The molecule has 2 fully saturated rings. The minimum atomic E-state index is -0.268. The molecule has 0 aromatic heterocycles. The van der Waals surface area contributed by atoms with Crippen molar-refractivity contribution in [2.45, 2.75) is 63.3 Å². The average Bonchev–Trinajstić information content (AvgIpc) is 2.96. The van der Waals surface area contributed by atoms with E-state index in [0.717, 1.165) is 24.9 Å². The van der Waals surface area contributed by atoms with Crippen molar-refractivity contribution in [3.63, 3.8) is 0 Å². The van der Waals surface area contributed by atoms with Crippen LogP contribution in [0.2, 0.25) is 0 Å². The number of amides is 1. The number of benzene rings is 2. The van der Waals surface area contributed by atoms with Crippen molar-refractivity contribution in [3.8, 4) is 0 Å². The number of hydrogen-bond donors (Lipinski definition) is 2. The monoisotopic (exact) mass is 377 g/mol. The first-order chi connectivity index (χ1) is 13.6. The molecule has 4 heteroatoms. The second kappa shape index (κ2) is 8.46. The van der Waals surface area contributed by atoms with E-state index in [1.807, 2.05) is 37.3 Å². The number of fused-ring (bicyclic) bond motifs is 2. The summed E-state index contributed by atoms with van der Waals surface area (Å²) in [6.45, 7) is 2.96. The SMILES string of the molecule is CC(C(=O)NC1CC2CCC(C1)N2Cc1ccccc1)C(N)c1ccccc1. The lowest BCUT2D eigenvalue weighted by atomic mass is 9.92. The van der Waals surface area contributed by atoms with E-state index in [9.17, 15) is 4.79 Å². The first kappa shape index (κ1) is 19.2. The zero-order valence-corrected chi connectivity index (χ0v) is 16.6. The summed E-state index contributed by atoms with van der Waals surface area (Å²) in [5.41, 5.74) is 8.75. The molecule has 148 valence electrons. The number of hydrogen-bond acceptors (Lipinski definition) is 3. The summed E-state index contributed by atoms with van der Waals surface area (Å²) in [6.07, 6.45) is 4.57. The van der Waals surface area contributed by atoms with Crippen LogP contribution in [-0.4, -0.2) is 28.9 Å². The molecule has 2 aliphatic rings. The number of nitrogens with one attached hydrogen (secondary N) is 1. The van der Waals surface area contributed by atoms with Gasteiger partial charge in [-0.2, -0.15) is 0 Å². The molecule has 1 amide bonds. The molecule has 2 heterocycles. The zero-order chi connectivity index (χ0) is 19.5. The predicted molar refractivity (Wildman–Crippen MR) is 112 cm³/mol. The number of carbonyl (C=O) groups excluding carboxylic acids is 1. The molecule has 2 saturated heterocycles. The molecule has 2 bridgehead atoms. The Morgan fingerprint density at radius 2 is 1.61 bits per heavy atom. The maximum atomic E-state index is 12.8. The number of nitrogens with zero attached hydrogens (tertiary/aromatic N) is 1. The van der Waals surface area contributed by atoms with Crippen LogP contribution < -0.4 is 11.1 Å². The summed E-state index contributed by atoms with van der Waals surface area (Å²) < 4.78 is 0. The van der Waals surface area contributed by atoms with Crippen LogP contribution in [0.5, 0.6) is 0 Å². The minimum Gasteiger partial charge on any atom is -0.353 e. The Morgan fingerprint density at radius 1 is 1.04 bits per heavy atom. The highest BCUT2D eigenvalue weighted by molar-refractivity contribution is 5.79. The largest absolute Gasteiger partial charge is 0.353 e. The summed E-state index contributed by atoms with van der Waals surface area (Å²) in [4.78, 5) is 15.5. The van der Waals surface area contributed by atoms with E-state index < -0.39 is 0 Å². The molecule has 2 aromatic rings. The predicted octanol–water partition coefficient (Wildman–Crippen LogP) is 3.63. The van der Waals surface area contributed by atoms with Crippen LogP contribution in [-0.2, 0) is 11.3 Å². The van der Waals surface area contributed by atoms with E-state index >= 15 is 0 Å². The van der Waals surface area contributed by atoms with E-state index in [2.05, 4.69) is 40.5 Å². The summed E-state index contributed by atoms with van der Waals surface area (Å²) in [7, 11) is 0. The second-order valence-electron chi connectivity index (χ2n) is 8.44. The average molecular weight is 378 g/mol. The van der Waals surface area contributed by atoms with E-state index in [-0.39, 0.29) is 23.9 Å². The van der Waals surface area contributed by atoms with E-state index in [4.69, 9.17) is 5.73 Å². The van der Waals surface area contributed by atoms with Crippen molar-refractivity contribution in [1.82, 2.24) is 10.2 Å². The van der Waals surface area contributed by atoms with Gasteiger partial charge in [0.1, 0.15) is 0 Å². The molecule has 0 spiro atoms. The lowest BCUT2D eigenvalue weighted by molar-refractivity contribution is -0.126. The fraction of sp³-hybridized carbons (Fsp3) is 0.458. The Labute approximate surface area is 168 Å². The van der Waals surface area contributed by atoms with Gasteiger partial charge in [-0.1, -0.05) is 67.6 Å². The molecule has 4 unspecified atom stereocenters. The molecular formula is C24H31N3O. The normalized spacial score (nSPS) is 26.6. The van der Waals surface area contributed by atoms with Crippen LogP contribution in [0.1, 0.15) is 49.8 Å². The minimum absolute atomic E-state index is 0.0808. The van der Waals surface area contributed by atoms with Gasteiger partial charge in [0, 0.05) is 30.7 Å². The van der Waals surface area contributed by atoms with Gasteiger partial charge in [-0.05, 0) is 36.8 Å². The third-order valence-electron chi connectivity index (χ3n) is 6.58. The molecule has 0 radical (unpaired) electrons. The molecule has 28 heavy (non-hydrogen) atoms. The quantitative estimate of drug-likeness (QED) is 0.808. The van der Waals surface area contributed by atoms with Crippen molar-refractivity contribution in [2.24, 2.45) is 11.7 Å². The number of nitrogens with two attached hydrogens (primary N) is 1. The van der Waals surface area contributed by atoms with Gasteiger partial charge < -0.3 is 11.1 Å². The van der Waals surface area contributed by atoms with Gasteiger partial charge in [0.15, 0.2) is 0 Å². The van der Waals surface area contributed by atoms with Gasteiger partial charge in [0.05, 0.1) is 5.92 Å². The molecular weight excluding hydrogens is 346 g/mol. The molecule has 4 rings (SSSR count). The Balaban J connectivity index is 1.34. The van der Waals surface area contributed by atoms with Gasteiger partial charge in [-0.3, -0.25) is 9.69 Å². The highest BCUT2D eigenvalue weighted by Crippen LogP contribution is 2.37. The van der Waals surface area contributed by atoms with Gasteiger partial charge in [0.25, 0.3) is 0 Å². The Morgan fingerprint density at radius 3 is 2.21 bits per heavy atom. The van der Waals surface area contributed by atoms with Gasteiger partial charge in [-0.25, -0.2) is 0 Å². The fourth-order valence-corrected chi connectivity index (χ4v) is 4.90. The zero-order valence-electron chi connectivity index (χ0n) is 16.6. The lowest BCUT2D eigenvalue weighted by Gasteiger charge is -2.39.